The molecule has 1 aromatic rings. The van der Waals surface area contributed by atoms with Crippen LogP contribution in [0.3, 0.4) is 0 Å². The topological polar surface area (TPSA) is 65.7 Å². The summed E-state index contributed by atoms with van der Waals surface area (Å²) in [5.74, 6) is -2.22. The van der Waals surface area contributed by atoms with Crippen molar-refractivity contribution in [3.8, 4) is 0 Å². The van der Waals surface area contributed by atoms with E-state index in [0.717, 1.165) is 0 Å². The summed E-state index contributed by atoms with van der Waals surface area (Å²) in [4.78, 5) is 24.0. The summed E-state index contributed by atoms with van der Waals surface area (Å²) in [7, 11) is 0. The van der Waals surface area contributed by atoms with Crippen molar-refractivity contribution in [2.75, 3.05) is 13.2 Å². The van der Waals surface area contributed by atoms with E-state index >= 15 is 0 Å². The second-order valence-electron chi connectivity index (χ2n) is 4.17. The normalized spacial score (nSPS) is 12.3. The summed E-state index contributed by atoms with van der Waals surface area (Å²) >= 11 is 0. The minimum Gasteiger partial charge on any atom is -0.465 e. The maximum absolute atomic E-state index is 12.0. The van der Waals surface area contributed by atoms with E-state index in [4.69, 9.17) is 13.9 Å². The smallest absolute Gasteiger partial charge is 0.321 e. The lowest BCUT2D eigenvalue weighted by atomic mass is 9.91. The molecule has 5 heteroatoms. The molecule has 0 bridgehead atoms. The first-order valence-electron chi connectivity index (χ1n) is 6.81. The summed E-state index contributed by atoms with van der Waals surface area (Å²) in [5.41, 5.74) is 0. The number of ether oxygens (including phenoxy) is 2. The van der Waals surface area contributed by atoms with Gasteiger partial charge in [-0.3, -0.25) is 9.59 Å². The molecule has 0 saturated heterocycles. The summed E-state index contributed by atoms with van der Waals surface area (Å²) in [5, 5.41) is 0. The Balaban J connectivity index is 2.93. The van der Waals surface area contributed by atoms with E-state index in [0.29, 0.717) is 5.76 Å². The minimum atomic E-state index is -1.06. The van der Waals surface area contributed by atoms with E-state index in [9.17, 15) is 9.59 Å². The fraction of sp³-hybridized carbons (Fsp3) is 0.375. The fourth-order valence-electron chi connectivity index (χ4n) is 1.79. The third-order valence-corrected chi connectivity index (χ3v) is 2.76. The zero-order valence-electron chi connectivity index (χ0n) is 12.3. The van der Waals surface area contributed by atoms with Crippen molar-refractivity contribution < 1.29 is 23.5 Å². The Kier molecular flexibility index (Phi) is 7.01. The zero-order valence-corrected chi connectivity index (χ0v) is 12.3. The van der Waals surface area contributed by atoms with Crippen LogP contribution >= 0.6 is 0 Å². The second-order valence-corrected chi connectivity index (χ2v) is 4.17. The molecule has 1 heterocycles. The predicted octanol–water partition coefficient (Wildman–Crippen LogP) is 2.84. The Hall–Kier alpha value is -2.30. The lowest BCUT2D eigenvalue weighted by molar-refractivity contribution is -0.162. The number of carbonyl (C=O) groups is 2. The van der Waals surface area contributed by atoms with Gasteiger partial charge in [0, 0.05) is 5.92 Å². The van der Waals surface area contributed by atoms with E-state index in [-0.39, 0.29) is 13.2 Å². The second kappa shape index (κ2) is 8.79. The first-order valence-corrected chi connectivity index (χ1v) is 6.81. The molecular formula is C16H20O5. The molecule has 0 fully saturated rings. The molecule has 0 N–H and O–H groups in total. The van der Waals surface area contributed by atoms with E-state index in [1.807, 2.05) is 0 Å². The van der Waals surface area contributed by atoms with Gasteiger partial charge in [0.15, 0.2) is 5.92 Å². The first kappa shape index (κ1) is 16.8. The van der Waals surface area contributed by atoms with Crippen LogP contribution in [0.1, 0.15) is 19.6 Å². The molecule has 0 amide bonds. The molecule has 1 aromatic heterocycles. The van der Waals surface area contributed by atoms with Gasteiger partial charge in [0.25, 0.3) is 0 Å². The largest absolute Gasteiger partial charge is 0.465 e. The van der Waals surface area contributed by atoms with Crippen LogP contribution < -0.4 is 0 Å². The van der Waals surface area contributed by atoms with Crippen molar-refractivity contribution in [1.82, 2.24) is 0 Å². The maximum atomic E-state index is 12.0. The van der Waals surface area contributed by atoms with E-state index in [2.05, 4.69) is 6.58 Å². The molecule has 21 heavy (non-hydrogen) atoms. The molecule has 1 atom stereocenters. The molecule has 5 nitrogen and oxygen atoms in total. The number of esters is 2. The van der Waals surface area contributed by atoms with Crippen molar-refractivity contribution in [1.29, 1.82) is 0 Å². The maximum Gasteiger partial charge on any atom is 0.321 e. The van der Waals surface area contributed by atoms with Gasteiger partial charge in [-0.2, -0.15) is 0 Å². The molecule has 0 spiro atoms. The molecule has 0 aromatic carbocycles. The number of rotatable bonds is 8. The number of furan rings is 1. The van der Waals surface area contributed by atoms with Gasteiger partial charge in [-0.25, -0.2) is 0 Å². The van der Waals surface area contributed by atoms with Crippen LogP contribution in [0.5, 0.6) is 0 Å². The number of allylic oxidation sites excluding steroid dienone is 2. The van der Waals surface area contributed by atoms with E-state index in [1.165, 1.54) is 12.3 Å². The number of hydrogen-bond donors (Lipinski definition) is 0. The van der Waals surface area contributed by atoms with Gasteiger partial charge in [0.05, 0.1) is 19.5 Å². The highest BCUT2D eigenvalue weighted by Gasteiger charge is 2.34. The monoisotopic (exact) mass is 292 g/mol. The Labute approximate surface area is 124 Å². The highest BCUT2D eigenvalue weighted by molar-refractivity contribution is 5.96. The van der Waals surface area contributed by atoms with Gasteiger partial charge >= 0.3 is 11.9 Å². The molecule has 0 aliphatic rings. The van der Waals surface area contributed by atoms with Gasteiger partial charge in [-0.1, -0.05) is 12.2 Å². The molecule has 0 aliphatic heterocycles. The van der Waals surface area contributed by atoms with Crippen LogP contribution in [0.15, 0.2) is 41.5 Å². The van der Waals surface area contributed by atoms with Crippen molar-refractivity contribution in [3.05, 3.63) is 42.9 Å². The summed E-state index contributed by atoms with van der Waals surface area (Å²) in [6.07, 6.45) is 6.40. The molecular weight excluding hydrogens is 272 g/mol. The standard InChI is InChI=1S/C16H20O5/c1-4-12(9-10-13-8-7-11-21-13)14(15(17)19-5-2)16(18)20-6-3/h4,7-12,14H,1,5-6H2,2-3H3/b10-9+. The average Bonchev–Trinajstić information content (AvgIpc) is 2.96. The van der Waals surface area contributed by atoms with E-state index in [1.54, 1.807) is 38.1 Å². The lowest BCUT2D eigenvalue weighted by Gasteiger charge is -2.18. The highest BCUT2D eigenvalue weighted by Crippen LogP contribution is 2.20. The number of hydrogen-bond acceptors (Lipinski definition) is 5. The SMILES string of the molecule is C=CC(/C=C/c1ccco1)C(C(=O)OCC)C(=O)OCC. The molecule has 1 unspecified atom stereocenters. The Bertz CT molecular complexity index is 469. The van der Waals surface area contributed by atoms with Crippen LogP contribution in [0.25, 0.3) is 6.08 Å². The van der Waals surface area contributed by atoms with Gasteiger partial charge in [-0.15, -0.1) is 6.58 Å². The molecule has 0 aliphatic carbocycles. The van der Waals surface area contributed by atoms with Crippen molar-refractivity contribution in [2.24, 2.45) is 11.8 Å². The van der Waals surface area contributed by atoms with Crippen LogP contribution in [-0.4, -0.2) is 25.2 Å². The Morgan fingerprint density at radius 2 is 1.90 bits per heavy atom. The Morgan fingerprint density at radius 3 is 2.33 bits per heavy atom. The molecule has 0 radical (unpaired) electrons. The van der Waals surface area contributed by atoms with Crippen molar-refractivity contribution in [2.45, 2.75) is 13.8 Å². The van der Waals surface area contributed by atoms with Gasteiger partial charge in [0.1, 0.15) is 5.76 Å². The average molecular weight is 292 g/mol. The summed E-state index contributed by atoms with van der Waals surface area (Å²) in [6, 6.07) is 3.51. The van der Waals surface area contributed by atoms with Gasteiger partial charge < -0.3 is 13.9 Å². The summed E-state index contributed by atoms with van der Waals surface area (Å²) in [6.45, 7) is 7.42. The molecule has 1 rings (SSSR count). The quantitative estimate of drug-likeness (QED) is 0.419. The fourth-order valence-corrected chi connectivity index (χ4v) is 1.79. The third-order valence-electron chi connectivity index (χ3n) is 2.76. The first-order chi connectivity index (χ1) is 10.1. The van der Waals surface area contributed by atoms with Crippen molar-refractivity contribution in [3.63, 3.8) is 0 Å². The summed E-state index contributed by atoms with van der Waals surface area (Å²) < 4.78 is 15.1. The molecule has 0 saturated carbocycles. The van der Waals surface area contributed by atoms with Crippen LogP contribution in [0.4, 0.5) is 0 Å². The lowest BCUT2D eigenvalue weighted by Crippen LogP contribution is -2.33. The van der Waals surface area contributed by atoms with Crippen LogP contribution in [0.2, 0.25) is 0 Å². The molecule has 114 valence electrons. The van der Waals surface area contributed by atoms with E-state index < -0.39 is 23.8 Å². The van der Waals surface area contributed by atoms with Gasteiger partial charge in [-0.05, 0) is 32.1 Å². The number of carbonyl (C=O) groups excluding carboxylic acids is 2. The van der Waals surface area contributed by atoms with Crippen molar-refractivity contribution >= 4 is 18.0 Å². The van der Waals surface area contributed by atoms with Gasteiger partial charge in [0.2, 0.25) is 0 Å². The predicted molar refractivity (Wildman–Crippen MR) is 78.2 cm³/mol. The zero-order chi connectivity index (χ0) is 15.7. The third kappa shape index (κ3) is 4.95. The highest BCUT2D eigenvalue weighted by atomic mass is 16.6. The van der Waals surface area contributed by atoms with Crippen LogP contribution in [0, 0.1) is 11.8 Å². The minimum absolute atomic E-state index is 0.195. The van der Waals surface area contributed by atoms with Crippen LogP contribution in [-0.2, 0) is 19.1 Å². The Morgan fingerprint density at radius 1 is 1.29 bits per heavy atom.